The summed E-state index contributed by atoms with van der Waals surface area (Å²) < 4.78 is 13.2. The Labute approximate surface area is 202 Å². The number of benzene rings is 2. The van der Waals surface area contributed by atoms with Gasteiger partial charge >= 0.3 is 0 Å². The molecule has 3 aromatic rings. The zero-order valence-corrected chi connectivity index (χ0v) is 20.1. The van der Waals surface area contributed by atoms with Crippen molar-refractivity contribution in [1.82, 2.24) is 15.2 Å². The highest BCUT2D eigenvalue weighted by Crippen LogP contribution is 2.17. The van der Waals surface area contributed by atoms with Crippen molar-refractivity contribution >= 4 is 34.2 Å². The monoisotopic (exact) mass is 482 g/mol. The predicted molar refractivity (Wildman–Crippen MR) is 130 cm³/mol. The van der Waals surface area contributed by atoms with E-state index < -0.39 is 11.7 Å². The molecule has 9 heteroatoms. The number of rotatable bonds is 9. The second-order valence-electron chi connectivity index (χ2n) is 8.10. The maximum Gasteiger partial charge on any atom is 0.254 e. The lowest BCUT2D eigenvalue weighted by Crippen LogP contribution is -2.42. The Balaban J connectivity index is 1.55. The SMILES string of the molecule is CC(NC(=O)Cc1csc(NC(=O)CN(C(=O)c2ccc(F)cc2)C(C)C)n1)c1ccccc1. The molecule has 0 radical (unpaired) electrons. The average Bonchev–Trinajstić information content (AvgIpc) is 3.24. The van der Waals surface area contributed by atoms with Gasteiger partial charge in [-0.05, 0) is 50.6 Å². The molecule has 0 saturated heterocycles. The van der Waals surface area contributed by atoms with E-state index in [4.69, 9.17) is 0 Å². The van der Waals surface area contributed by atoms with Crippen LogP contribution in [0.15, 0.2) is 60.0 Å². The van der Waals surface area contributed by atoms with Crippen LogP contribution in [0.4, 0.5) is 9.52 Å². The van der Waals surface area contributed by atoms with Crippen molar-refractivity contribution in [2.75, 3.05) is 11.9 Å². The van der Waals surface area contributed by atoms with Gasteiger partial charge in [0, 0.05) is 17.0 Å². The number of carbonyl (C=O) groups excluding carboxylic acids is 3. The van der Waals surface area contributed by atoms with Gasteiger partial charge in [-0.2, -0.15) is 0 Å². The Morgan fingerprint density at radius 2 is 1.68 bits per heavy atom. The second kappa shape index (κ2) is 11.5. The molecule has 0 aliphatic heterocycles. The predicted octanol–water partition coefficient (Wildman–Crippen LogP) is 4.19. The quantitative estimate of drug-likeness (QED) is 0.478. The lowest BCUT2D eigenvalue weighted by Gasteiger charge is -2.26. The molecule has 0 bridgehead atoms. The Morgan fingerprint density at radius 3 is 2.32 bits per heavy atom. The molecule has 7 nitrogen and oxygen atoms in total. The third kappa shape index (κ3) is 6.95. The summed E-state index contributed by atoms with van der Waals surface area (Å²) in [5.74, 6) is -1.38. The number of aromatic nitrogens is 1. The lowest BCUT2D eigenvalue weighted by molar-refractivity contribution is -0.121. The van der Waals surface area contributed by atoms with Gasteiger partial charge in [-0.15, -0.1) is 11.3 Å². The first-order valence-electron chi connectivity index (χ1n) is 10.9. The topological polar surface area (TPSA) is 91.4 Å². The van der Waals surface area contributed by atoms with Gasteiger partial charge in [-0.25, -0.2) is 9.37 Å². The van der Waals surface area contributed by atoms with E-state index in [9.17, 15) is 18.8 Å². The molecule has 1 atom stereocenters. The number of carbonyl (C=O) groups is 3. The maximum absolute atomic E-state index is 13.2. The van der Waals surface area contributed by atoms with Crippen LogP contribution in [0, 0.1) is 5.82 Å². The van der Waals surface area contributed by atoms with Crippen LogP contribution in [-0.2, 0) is 16.0 Å². The van der Waals surface area contributed by atoms with Gasteiger partial charge in [-0.1, -0.05) is 30.3 Å². The van der Waals surface area contributed by atoms with Crippen LogP contribution in [0.3, 0.4) is 0 Å². The average molecular weight is 483 g/mol. The molecular formula is C25H27FN4O3S. The minimum Gasteiger partial charge on any atom is -0.349 e. The summed E-state index contributed by atoms with van der Waals surface area (Å²) in [5, 5.41) is 7.68. The van der Waals surface area contributed by atoms with Gasteiger partial charge in [0.15, 0.2) is 5.13 Å². The van der Waals surface area contributed by atoms with Crippen LogP contribution in [0.5, 0.6) is 0 Å². The molecule has 1 unspecified atom stereocenters. The van der Waals surface area contributed by atoms with E-state index >= 15 is 0 Å². The molecule has 0 spiro atoms. The Morgan fingerprint density at radius 1 is 1.00 bits per heavy atom. The van der Waals surface area contributed by atoms with E-state index in [1.54, 1.807) is 19.2 Å². The molecule has 0 aliphatic rings. The lowest BCUT2D eigenvalue weighted by atomic mass is 10.1. The van der Waals surface area contributed by atoms with E-state index in [0.29, 0.717) is 16.4 Å². The van der Waals surface area contributed by atoms with Crippen LogP contribution in [0.1, 0.15) is 48.4 Å². The fraction of sp³-hybridized carbons (Fsp3) is 0.280. The van der Waals surface area contributed by atoms with Crippen molar-refractivity contribution in [2.24, 2.45) is 0 Å². The molecule has 1 heterocycles. The number of anilines is 1. The second-order valence-corrected chi connectivity index (χ2v) is 8.96. The Bertz CT molecular complexity index is 1130. The van der Waals surface area contributed by atoms with Crippen molar-refractivity contribution in [2.45, 2.75) is 39.3 Å². The van der Waals surface area contributed by atoms with Crippen molar-refractivity contribution in [3.63, 3.8) is 0 Å². The summed E-state index contributed by atoms with van der Waals surface area (Å²) in [7, 11) is 0. The van der Waals surface area contributed by atoms with Gasteiger partial charge in [0.05, 0.1) is 18.2 Å². The molecule has 3 amide bonds. The number of hydrogen-bond donors (Lipinski definition) is 2. The van der Waals surface area contributed by atoms with Gasteiger partial charge in [-0.3, -0.25) is 14.4 Å². The minimum atomic E-state index is -0.437. The van der Waals surface area contributed by atoms with Crippen molar-refractivity contribution in [3.8, 4) is 0 Å². The minimum absolute atomic E-state index is 0.0880. The van der Waals surface area contributed by atoms with Crippen LogP contribution >= 0.6 is 11.3 Å². The number of nitrogens with zero attached hydrogens (tertiary/aromatic N) is 2. The van der Waals surface area contributed by atoms with Crippen LogP contribution in [-0.4, -0.2) is 40.2 Å². The number of hydrogen-bond acceptors (Lipinski definition) is 5. The Kier molecular flexibility index (Phi) is 8.48. The molecule has 2 aromatic carbocycles. The zero-order valence-electron chi connectivity index (χ0n) is 19.2. The maximum atomic E-state index is 13.2. The number of halogens is 1. The van der Waals surface area contributed by atoms with E-state index in [1.807, 2.05) is 37.3 Å². The van der Waals surface area contributed by atoms with Gasteiger partial charge in [0.25, 0.3) is 5.91 Å². The molecule has 0 fully saturated rings. The molecule has 3 rings (SSSR count). The third-order valence-corrected chi connectivity index (χ3v) is 5.91. The summed E-state index contributed by atoms with van der Waals surface area (Å²) in [6, 6.07) is 14.5. The van der Waals surface area contributed by atoms with Gasteiger partial charge < -0.3 is 15.5 Å². The smallest absolute Gasteiger partial charge is 0.254 e. The largest absolute Gasteiger partial charge is 0.349 e. The van der Waals surface area contributed by atoms with E-state index in [2.05, 4.69) is 15.6 Å². The molecule has 178 valence electrons. The first-order chi connectivity index (χ1) is 16.2. The molecule has 34 heavy (non-hydrogen) atoms. The van der Waals surface area contributed by atoms with Crippen LogP contribution in [0.2, 0.25) is 0 Å². The number of thiazole rings is 1. The van der Waals surface area contributed by atoms with Crippen LogP contribution in [0.25, 0.3) is 0 Å². The van der Waals surface area contributed by atoms with E-state index in [1.165, 1.54) is 40.5 Å². The third-order valence-electron chi connectivity index (χ3n) is 5.11. The fourth-order valence-electron chi connectivity index (χ4n) is 3.29. The standard InChI is InChI=1S/C25H27FN4O3S/c1-16(2)30(24(33)19-9-11-20(26)12-10-19)14-23(32)29-25-28-21(15-34-25)13-22(31)27-17(3)18-7-5-4-6-8-18/h4-12,15-17H,13-14H2,1-3H3,(H,27,31)(H,28,29,32). The fourth-order valence-corrected chi connectivity index (χ4v) is 4.01. The summed E-state index contributed by atoms with van der Waals surface area (Å²) in [6.45, 7) is 5.32. The summed E-state index contributed by atoms with van der Waals surface area (Å²) >= 11 is 1.21. The van der Waals surface area contributed by atoms with Gasteiger partial charge in [0.1, 0.15) is 12.4 Å². The van der Waals surface area contributed by atoms with Crippen molar-refractivity contribution < 1.29 is 18.8 Å². The van der Waals surface area contributed by atoms with E-state index in [0.717, 1.165) is 5.56 Å². The summed E-state index contributed by atoms with van der Waals surface area (Å²) in [6.07, 6.45) is 0.0880. The molecule has 2 N–H and O–H groups in total. The number of nitrogens with one attached hydrogen (secondary N) is 2. The highest BCUT2D eigenvalue weighted by atomic mass is 32.1. The molecule has 1 aromatic heterocycles. The molecule has 0 saturated carbocycles. The van der Waals surface area contributed by atoms with Crippen LogP contribution < -0.4 is 10.6 Å². The highest BCUT2D eigenvalue weighted by molar-refractivity contribution is 7.13. The highest BCUT2D eigenvalue weighted by Gasteiger charge is 2.22. The van der Waals surface area contributed by atoms with Crippen molar-refractivity contribution in [3.05, 3.63) is 82.6 Å². The molecule has 0 aliphatic carbocycles. The van der Waals surface area contributed by atoms with Crippen molar-refractivity contribution in [1.29, 1.82) is 0 Å². The first-order valence-corrected chi connectivity index (χ1v) is 11.8. The van der Waals surface area contributed by atoms with Gasteiger partial charge in [0.2, 0.25) is 11.8 Å². The summed E-state index contributed by atoms with van der Waals surface area (Å²) in [4.78, 5) is 43.4. The normalized spacial score (nSPS) is 11.7. The molecular weight excluding hydrogens is 455 g/mol. The Hall–Kier alpha value is -3.59. The van der Waals surface area contributed by atoms with E-state index in [-0.39, 0.29) is 36.9 Å². The number of amides is 3. The summed E-state index contributed by atoms with van der Waals surface area (Å²) in [5.41, 5.74) is 1.85. The zero-order chi connectivity index (χ0) is 24.7. The first kappa shape index (κ1) is 25.0.